The van der Waals surface area contributed by atoms with Crippen molar-refractivity contribution in [3.8, 4) is 0 Å². The molecule has 1 aliphatic heterocycles. The summed E-state index contributed by atoms with van der Waals surface area (Å²) in [5.74, 6) is 0.909. The van der Waals surface area contributed by atoms with Crippen molar-refractivity contribution in [3.63, 3.8) is 0 Å². The molecular weight excluding hydrogens is 286 g/mol. The third-order valence-electron chi connectivity index (χ3n) is 5.34. The van der Waals surface area contributed by atoms with Crippen molar-refractivity contribution >= 4 is 5.91 Å². The minimum Gasteiger partial charge on any atom is -0.342 e. The van der Waals surface area contributed by atoms with Gasteiger partial charge in [0.2, 0.25) is 5.91 Å². The fourth-order valence-electron chi connectivity index (χ4n) is 3.91. The van der Waals surface area contributed by atoms with Crippen LogP contribution >= 0.6 is 0 Å². The van der Waals surface area contributed by atoms with Crippen LogP contribution in [0.1, 0.15) is 30.4 Å². The fraction of sp³-hybridized carbons (Fsp3) is 0.474. The molecule has 4 rings (SSSR count). The summed E-state index contributed by atoms with van der Waals surface area (Å²) in [6.07, 6.45) is 8.15. The highest BCUT2D eigenvalue weighted by Gasteiger charge is 2.53. The SMILES string of the molecule is Cn1cc(C[C@H]2CCN(C(=O)C3(c4ccccc4)CC3)C2)cn1. The number of amides is 1. The quantitative estimate of drug-likeness (QED) is 0.870. The summed E-state index contributed by atoms with van der Waals surface area (Å²) in [5.41, 5.74) is 2.25. The summed E-state index contributed by atoms with van der Waals surface area (Å²) in [6, 6.07) is 10.3. The number of aromatic nitrogens is 2. The monoisotopic (exact) mass is 309 g/mol. The summed E-state index contributed by atoms with van der Waals surface area (Å²) in [4.78, 5) is 15.1. The largest absolute Gasteiger partial charge is 0.342 e. The Labute approximate surface area is 137 Å². The van der Waals surface area contributed by atoms with Crippen LogP contribution in [0, 0.1) is 5.92 Å². The maximum Gasteiger partial charge on any atom is 0.233 e. The second kappa shape index (κ2) is 5.52. The third-order valence-corrected chi connectivity index (χ3v) is 5.34. The number of carbonyl (C=O) groups excluding carboxylic acids is 1. The van der Waals surface area contributed by atoms with E-state index in [9.17, 15) is 4.79 Å². The van der Waals surface area contributed by atoms with Gasteiger partial charge >= 0.3 is 0 Å². The van der Waals surface area contributed by atoms with Gasteiger partial charge in [0.05, 0.1) is 11.6 Å². The molecule has 1 atom stereocenters. The summed E-state index contributed by atoms with van der Waals surface area (Å²) in [7, 11) is 1.95. The zero-order chi connectivity index (χ0) is 15.9. The number of rotatable bonds is 4. The van der Waals surface area contributed by atoms with E-state index in [-0.39, 0.29) is 5.41 Å². The maximum atomic E-state index is 13.0. The predicted octanol–water partition coefficient (Wildman–Crippen LogP) is 2.54. The van der Waals surface area contributed by atoms with Crippen LogP contribution in [0.25, 0.3) is 0 Å². The molecule has 4 nitrogen and oxygen atoms in total. The lowest BCUT2D eigenvalue weighted by molar-refractivity contribution is -0.133. The molecule has 2 heterocycles. The smallest absolute Gasteiger partial charge is 0.233 e. The number of aryl methyl sites for hydroxylation is 1. The first-order valence-corrected chi connectivity index (χ1v) is 8.50. The fourth-order valence-corrected chi connectivity index (χ4v) is 3.91. The first-order chi connectivity index (χ1) is 11.2. The van der Waals surface area contributed by atoms with Gasteiger partial charge in [0.1, 0.15) is 0 Å². The first kappa shape index (κ1) is 14.5. The van der Waals surface area contributed by atoms with Gasteiger partial charge in [0.25, 0.3) is 0 Å². The van der Waals surface area contributed by atoms with Crippen LogP contribution in [-0.2, 0) is 23.7 Å². The van der Waals surface area contributed by atoms with E-state index >= 15 is 0 Å². The normalized spacial score (nSPS) is 22.3. The van der Waals surface area contributed by atoms with Crippen molar-refractivity contribution in [3.05, 3.63) is 53.9 Å². The van der Waals surface area contributed by atoms with E-state index in [0.717, 1.165) is 38.8 Å². The van der Waals surface area contributed by atoms with Crippen LogP contribution in [0.4, 0.5) is 0 Å². The molecule has 1 amide bonds. The molecule has 1 aromatic carbocycles. The van der Waals surface area contributed by atoms with Gasteiger partial charge in [-0.3, -0.25) is 9.48 Å². The highest BCUT2D eigenvalue weighted by Crippen LogP contribution is 2.50. The summed E-state index contributed by atoms with van der Waals surface area (Å²) < 4.78 is 1.85. The molecule has 4 heteroatoms. The summed E-state index contributed by atoms with van der Waals surface area (Å²) in [6.45, 7) is 1.79. The summed E-state index contributed by atoms with van der Waals surface area (Å²) in [5, 5.41) is 4.24. The molecule has 1 saturated heterocycles. The Hall–Kier alpha value is -2.10. The lowest BCUT2D eigenvalue weighted by Gasteiger charge is -2.23. The van der Waals surface area contributed by atoms with Crippen LogP contribution in [0.15, 0.2) is 42.7 Å². The van der Waals surface area contributed by atoms with Gasteiger partial charge in [-0.05, 0) is 42.7 Å². The Morgan fingerprint density at radius 1 is 1.30 bits per heavy atom. The van der Waals surface area contributed by atoms with Gasteiger partial charge in [0, 0.05) is 26.3 Å². The number of likely N-dealkylation sites (tertiary alicyclic amines) is 1. The Bertz CT molecular complexity index is 702. The zero-order valence-corrected chi connectivity index (χ0v) is 13.6. The highest BCUT2D eigenvalue weighted by atomic mass is 16.2. The van der Waals surface area contributed by atoms with Crippen molar-refractivity contribution in [2.45, 2.75) is 31.1 Å². The van der Waals surface area contributed by atoms with Crippen molar-refractivity contribution in [1.29, 1.82) is 0 Å². The minimum atomic E-state index is -0.218. The molecule has 1 saturated carbocycles. The average Bonchev–Trinajstić information content (AvgIpc) is 3.09. The molecule has 2 aromatic rings. The molecule has 0 bridgehead atoms. The van der Waals surface area contributed by atoms with E-state index in [0.29, 0.717) is 11.8 Å². The van der Waals surface area contributed by atoms with E-state index < -0.39 is 0 Å². The van der Waals surface area contributed by atoms with Crippen molar-refractivity contribution < 1.29 is 4.79 Å². The van der Waals surface area contributed by atoms with Gasteiger partial charge < -0.3 is 4.90 Å². The predicted molar refractivity (Wildman–Crippen MR) is 89.0 cm³/mol. The molecule has 0 spiro atoms. The van der Waals surface area contributed by atoms with Crippen LogP contribution in [0.3, 0.4) is 0 Å². The first-order valence-electron chi connectivity index (χ1n) is 8.50. The summed E-state index contributed by atoms with van der Waals surface area (Å²) >= 11 is 0. The standard InChI is InChI=1S/C19H23N3O/c1-21-13-16(12-20-21)11-15-7-10-22(14-15)18(23)19(8-9-19)17-5-3-2-4-6-17/h2-6,12-13,15H,7-11,14H2,1H3/t15-/m1/s1. The van der Waals surface area contributed by atoms with Gasteiger partial charge in [-0.2, -0.15) is 5.10 Å². The number of nitrogens with zero attached hydrogens (tertiary/aromatic N) is 3. The second-order valence-electron chi connectivity index (χ2n) is 7.08. The van der Waals surface area contributed by atoms with E-state index in [4.69, 9.17) is 0 Å². The number of benzene rings is 1. The van der Waals surface area contributed by atoms with Crippen molar-refractivity contribution in [1.82, 2.24) is 14.7 Å². The topological polar surface area (TPSA) is 38.1 Å². The molecule has 1 aliphatic carbocycles. The Kier molecular flexibility index (Phi) is 3.47. The van der Waals surface area contributed by atoms with Crippen LogP contribution in [0.2, 0.25) is 0 Å². The molecule has 2 fully saturated rings. The number of carbonyl (C=O) groups is 1. The van der Waals surface area contributed by atoms with E-state index in [1.807, 2.05) is 36.1 Å². The van der Waals surface area contributed by atoms with Gasteiger partial charge in [0.15, 0.2) is 0 Å². The molecule has 0 N–H and O–H groups in total. The average molecular weight is 309 g/mol. The van der Waals surface area contributed by atoms with Crippen LogP contribution in [-0.4, -0.2) is 33.7 Å². The van der Waals surface area contributed by atoms with E-state index in [1.54, 1.807) is 0 Å². The molecular formula is C19H23N3O. The lowest BCUT2D eigenvalue weighted by Crippen LogP contribution is -2.37. The van der Waals surface area contributed by atoms with Gasteiger partial charge in [-0.25, -0.2) is 0 Å². The lowest BCUT2D eigenvalue weighted by atomic mass is 9.94. The van der Waals surface area contributed by atoms with E-state index in [2.05, 4.69) is 28.3 Å². The van der Waals surface area contributed by atoms with Crippen molar-refractivity contribution in [2.75, 3.05) is 13.1 Å². The Balaban J connectivity index is 1.42. The van der Waals surface area contributed by atoms with Crippen LogP contribution < -0.4 is 0 Å². The number of hydrogen-bond donors (Lipinski definition) is 0. The molecule has 120 valence electrons. The highest BCUT2D eigenvalue weighted by molar-refractivity contribution is 5.91. The molecule has 0 radical (unpaired) electrons. The Morgan fingerprint density at radius 2 is 2.09 bits per heavy atom. The molecule has 0 unspecified atom stereocenters. The van der Waals surface area contributed by atoms with Crippen molar-refractivity contribution in [2.24, 2.45) is 13.0 Å². The zero-order valence-electron chi connectivity index (χ0n) is 13.6. The third kappa shape index (κ3) is 2.67. The molecule has 1 aromatic heterocycles. The number of hydrogen-bond acceptors (Lipinski definition) is 2. The van der Waals surface area contributed by atoms with Gasteiger partial charge in [-0.15, -0.1) is 0 Å². The second-order valence-corrected chi connectivity index (χ2v) is 7.08. The van der Waals surface area contributed by atoms with E-state index in [1.165, 1.54) is 11.1 Å². The van der Waals surface area contributed by atoms with Crippen LogP contribution in [0.5, 0.6) is 0 Å². The minimum absolute atomic E-state index is 0.218. The maximum absolute atomic E-state index is 13.0. The molecule has 23 heavy (non-hydrogen) atoms. The molecule has 2 aliphatic rings. The van der Waals surface area contributed by atoms with Gasteiger partial charge in [-0.1, -0.05) is 30.3 Å². The Morgan fingerprint density at radius 3 is 2.74 bits per heavy atom.